The zero-order chi connectivity index (χ0) is 11.5. The molecule has 2 N–H and O–H groups in total. The molecular weight excluding hydrogens is 190 g/mol. The van der Waals surface area contributed by atoms with Crippen LogP contribution in [0.4, 0.5) is 0 Å². The number of nitrogens with two attached hydrogens (primary N) is 1. The lowest BCUT2D eigenvalue weighted by molar-refractivity contribution is -0.147. The number of carbonyl (C=O) groups is 1. The van der Waals surface area contributed by atoms with Gasteiger partial charge in [0.15, 0.2) is 0 Å². The Morgan fingerprint density at radius 2 is 2.13 bits per heavy atom. The second kappa shape index (κ2) is 4.67. The molecule has 1 saturated carbocycles. The van der Waals surface area contributed by atoms with Gasteiger partial charge in [-0.25, -0.2) is 4.79 Å². The first kappa shape index (κ1) is 12.1. The van der Waals surface area contributed by atoms with Crippen molar-refractivity contribution in [1.82, 2.24) is 0 Å². The summed E-state index contributed by atoms with van der Waals surface area (Å²) in [7, 11) is 0. The van der Waals surface area contributed by atoms with Gasteiger partial charge in [0.2, 0.25) is 0 Å². The Morgan fingerprint density at radius 3 is 2.60 bits per heavy atom. The highest BCUT2D eigenvalue weighted by Gasteiger charge is 2.27. The number of hydrogen-bond acceptors (Lipinski definition) is 3. The molecule has 1 aliphatic carbocycles. The number of carbonyl (C=O) groups excluding carboxylic acids is 1. The van der Waals surface area contributed by atoms with Gasteiger partial charge in [-0.05, 0) is 39.5 Å². The zero-order valence-electron chi connectivity index (χ0n) is 9.67. The van der Waals surface area contributed by atoms with Crippen molar-refractivity contribution in [3.05, 3.63) is 0 Å². The average Bonchev–Trinajstić information content (AvgIpc) is 2.81. The van der Waals surface area contributed by atoms with Gasteiger partial charge in [0.25, 0.3) is 0 Å². The minimum Gasteiger partial charge on any atom is -0.450 e. The molecule has 15 heavy (non-hydrogen) atoms. The van der Waals surface area contributed by atoms with E-state index in [4.69, 9.17) is 10.5 Å². The minimum atomic E-state index is -0.468. The average molecular weight is 209 g/mol. The number of hydrogen-bond donors (Lipinski definition) is 1. The molecule has 1 rings (SSSR count). The fourth-order valence-electron chi connectivity index (χ4n) is 1.24. The predicted octanol–water partition coefficient (Wildman–Crippen LogP) is 1.46. The van der Waals surface area contributed by atoms with Crippen molar-refractivity contribution in [1.29, 1.82) is 0 Å². The molecule has 0 aromatic carbocycles. The maximum Gasteiger partial charge on any atom is 0.384 e. The Labute approximate surface area is 91.4 Å². The molecule has 0 bridgehead atoms. The van der Waals surface area contributed by atoms with Crippen molar-refractivity contribution in [3.8, 4) is 11.8 Å². The van der Waals surface area contributed by atoms with E-state index in [0.717, 1.165) is 0 Å². The summed E-state index contributed by atoms with van der Waals surface area (Å²) in [5.74, 6) is 5.40. The molecule has 0 radical (unpaired) electrons. The third-order valence-corrected chi connectivity index (χ3v) is 2.15. The van der Waals surface area contributed by atoms with Crippen LogP contribution in [0.1, 0.15) is 40.0 Å². The van der Waals surface area contributed by atoms with E-state index in [1.54, 1.807) is 0 Å². The van der Waals surface area contributed by atoms with E-state index in [1.807, 2.05) is 20.8 Å². The largest absolute Gasteiger partial charge is 0.450 e. The molecule has 0 spiro atoms. The topological polar surface area (TPSA) is 52.3 Å². The van der Waals surface area contributed by atoms with Gasteiger partial charge in [-0.2, -0.15) is 0 Å². The third kappa shape index (κ3) is 5.44. The van der Waals surface area contributed by atoms with Crippen molar-refractivity contribution in [3.63, 3.8) is 0 Å². The summed E-state index contributed by atoms with van der Waals surface area (Å²) >= 11 is 0. The third-order valence-electron chi connectivity index (χ3n) is 2.15. The number of esters is 1. The molecule has 84 valence electrons. The zero-order valence-corrected chi connectivity index (χ0v) is 9.67. The molecule has 0 amide bonds. The van der Waals surface area contributed by atoms with E-state index in [2.05, 4.69) is 11.8 Å². The Hall–Kier alpha value is -1.01. The molecule has 0 aromatic heterocycles. The summed E-state index contributed by atoms with van der Waals surface area (Å²) in [6.07, 6.45) is 2.99. The van der Waals surface area contributed by atoms with Crippen LogP contribution < -0.4 is 5.73 Å². The lowest BCUT2D eigenvalue weighted by atomic mass is 10.1. The van der Waals surface area contributed by atoms with Gasteiger partial charge >= 0.3 is 5.97 Å². The van der Waals surface area contributed by atoms with E-state index in [0.29, 0.717) is 12.3 Å². The Bertz CT molecular complexity index is 289. The molecule has 0 heterocycles. The monoisotopic (exact) mass is 209 g/mol. The normalized spacial score (nSPS) is 17.6. The van der Waals surface area contributed by atoms with E-state index in [9.17, 15) is 4.79 Å². The molecule has 0 aromatic rings. The van der Waals surface area contributed by atoms with Crippen molar-refractivity contribution in [2.24, 2.45) is 11.7 Å². The van der Waals surface area contributed by atoms with Crippen molar-refractivity contribution in [2.45, 2.75) is 51.7 Å². The fourth-order valence-corrected chi connectivity index (χ4v) is 1.24. The van der Waals surface area contributed by atoms with Crippen molar-refractivity contribution in [2.75, 3.05) is 0 Å². The lowest BCUT2D eigenvalue weighted by Gasteiger charge is -2.16. The van der Waals surface area contributed by atoms with Gasteiger partial charge in [-0.1, -0.05) is 5.92 Å². The van der Waals surface area contributed by atoms with E-state index in [-0.39, 0.29) is 6.04 Å². The summed E-state index contributed by atoms with van der Waals surface area (Å²) in [6, 6.07) is 0.125. The van der Waals surface area contributed by atoms with Gasteiger partial charge in [-0.3, -0.25) is 0 Å². The summed E-state index contributed by atoms with van der Waals surface area (Å²) < 4.78 is 5.04. The summed E-state index contributed by atoms with van der Waals surface area (Å²) in [4.78, 5) is 11.2. The van der Waals surface area contributed by atoms with Crippen LogP contribution in [0.25, 0.3) is 0 Å². The summed E-state index contributed by atoms with van der Waals surface area (Å²) in [6.45, 7) is 5.47. The molecule has 3 nitrogen and oxygen atoms in total. The van der Waals surface area contributed by atoms with Crippen LogP contribution in [0.2, 0.25) is 0 Å². The first-order valence-corrected chi connectivity index (χ1v) is 5.36. The van der Waals surface area contributed by atoms with Crippen LogP contribution in [0, 0.1) is 17.8 Å². The SMILES string of the molecule is CC(C)(C)OC(=O)C#CCC(N)C1CC1. The van der Waals surface area contributed by atoms with E-state index < -0.39 is 11.6 Å². The predicted molar refractivity (Wildman–Crippen MR) is 58.9 cm³/mol. The van der Waals surface area contributed by atoms with Crippen molar-refractivity contribution >= 4 is 5.97 Å². The first-order valence-electron chi connectivity index (χ1n) is 5.36. The molecule has 1 fully saturated rings. The molecule has 1 atom stereocenters. The van der Waals surface area contributed by atoms with Gasteiger partial charge in [0.1, 0.15) is 5.60 Å². The smallest absolute Gasteiger partial charge is 0.384 e. The lowest BCUT2D eigenvalue weighted by Crippen LogP contribution is -2.23. The van der Waals surface area contributed by atoms with Gasteiger partial charge in [-0.15, -0.1) is 0 Å². The quantitative estimate of drug-likeness (QED) is 0.425. The van der Waals surface area contributed by atoms with Crippen LogP contribution in [-0.4, -0.2) is 17.6 Å². The number of ether oxygens (including phenoxy) is 1. The summed E-state index contributed by atoms with van der Waals surface area (Å²) in [5, 5.41) is 0. The van der Waals surface area contributed by atoms with Gasteiger partial charge < -0.3 is 10.5 Å². The fraction of sp³-hybridized carbons (Fsp3) is 0.750. The maximum absolute atomic E-state index is 11.2. The van der Waals surface area contributed by atoms with Crippen LogP contribution in [0.5, 0.6) is 0 Å². The second-order valence-corrected chi connectivity index (χ2v) is 5.01. The minimum absolute atomic E-state index is 0.125. The molecule has 0 saturated heterocycles. The molecule has 3 heteroatoms. The first-order chi connectivity index (χ1) is 6.88. The van der Waals surface area contributed by atoms with E-state index in [1.165, 1.54) is 12.8 Å². The highest BCUT2D eigenvalue weighted by molar-refractivity contribution is 5.88. The van der Waals surface area contributed by atoms with Crippen LogP contribution in [0.3, 0.4) is 0 Å². The van der Waals surface area contributed by atoms with Crippen LogP contribution in [-0.2, 0) is 9.53 Å². The van der Waals surface area contributed by atoms with Crippen LogP contribution in [0.15, 0.2) is 0 Å². The highest BCUT2D eigenvalue weighted by Crippen LogP contribution is 2.32. The number of rotatable bonds is 2. The highest BCUT2D eigenvalue weighted by atomic mass is 16.6. The molecule has 1 aliphatic rings. The van der Waals surface area contributed by atoms with E-state index >= 15 is 0 Å². The second-order valence-electron chi connectivity index (χ2n) is 5.01. The maximum atomic E-state index is 11.2. The van der Waals surface area contributed by atoms with Crippen LogP contribution >= 0.6 is 0 Å². The van der Waals surface area contributed by atoms with Gasteiger partial charge in [0.05, 0.1) is 0 Å². The summed E-state index contributed by atoms with van der Waals surface area (Å²) in [5.41, 5.74) is 5.37. The van der Waals surface area contributed by atoms with Crippen molar-refractivity contribution < 1.29 is 9.53 Å². The Balaban J connectivity index is 2.27. The molecular formula is C12H19NO2. The Kier molecular flexibility index (Phi) is 3.76. The molecule has 0 aliphatic heterocycles. The Morgan fingerprint density at radius 1 is 1.53 bits per heavy atom. The van der Waals surface area contributed by atoms with Gasteiger partial charge in [0, 0.05) is 18.4 Å². The molecule has 1 unspecified atom stereocenters. The standard InChI is InChI=1S/C12H19NO2/c1-12(2,3)15-11(14)6-4-5-10(13)9-7-8-9/h9-10H,5,7-8,13H2,1-3H3.